The molecule has 0 atom stereocenters. The average Bonchev–Trinajstić information content (AvgIpc) is 3.11. The van der Waals surface area contributed by atoms with Crippen molar-refractivity contribution >= 4 is 29.3 Å². The van der Waals surface area contributed by atoms with Gasteiger partial charge in [0.2, 0.25) is 0 Å². The maximum absolute atomic E-state index is 12.6. The number of anilines is 1. The summed E-state index contributed by atoms with van der Waals surface area (Å²) in [6.07, 6.45) is 1.43. The minimum atomic E-state index is -0.474. The highest BCUT2D eigenvalue weighted by Gasteiger charge is 2.14. The molecule has 3 aromatic rings. The molecule has 0 bridgehead atoms. The number of nitrogens with one attached hydrogen (secondary N) is 1. The minimum absolute atomic E-state index is 0.0358. The van der Waals surface area contributed by atoms with Gasteiger partial charge in [0, 0.05) is 22.3 Å². The van der Waals surface area contributed by atoms with Gasteiger partial charge in [0.05, 0.1) is 0 Å². The van der Waals surface area contributed by atoms with E-state index >= 15 is 0 Å². The van der Waals surface area contributed by atoms with E-state index in [1.807, 2.05) is 51.1 Å². The van der Waals surface area contributed by atoms with Crippen molar-refractivity contribution in [3.05, 3.63) is 81.6 Å². The number of carbonyl (C=O) groups is 1. The van der Waals surface area contributed by atoms with E-state index in [4.69, 9.17) is 16.0 Å². The van der Waals surface area contributed by atoms with Crippen molar-refractivity contribution in [1.29, 1.82) is 5.26 Å². The molecule has 1 amide bonds. The number of furan rings is 1. The summed E-state index contributed by atoms with van der Waals surface area (Å²) in [6.45, 7) is 5.85. The van der Waals surface area contributed by atoms with E-state index < -0.39 is 5.91 Å². The Kier molecular flexibility index (Phi) is 5.67. The molecule has 0 aliphatic heterocycles. The molecule has 5 heteroatoms. The van der Waals surface area contributed by atoms with E-state index in [-0.39, 0.29) is 5.57 Å². The average molecular weight is 391 g/mol. The zero-order valence-corrected chi connectivity index (χ0v) is 16.6. The quantitative estimate of drug-likeness (QED) is 0.434. The van der Waals surface area contributed by atoms with E-state index in [2.05, 4.69) is 5.32 Å². The largest absolute Gasteiger partial charge is 0.457 e. The number of benzene rings is 2. The SMILES string of the molecule is Cc1cc(C)c(NC(=O)/C(C#N)=C/c2ccc(-c3cccc(Cl)c3)o2)c(C)c1. The lowest BCUT2D eigenvalue weighted by Gasteiger charge is -2.12. The Morgan fingerprint density at radius 3 is 2.46 bits per heavy atom. The molecule has 2 aromatic carbocycles. The normalized spacial score (nSPS) is 11.2. The third kappa shape index (κ3) is 4.33. The van der Waals surface area contributed by atoms with Crippen molar-refractivity contribution in [1.82, 2.24) is 0 Å². The monoisotopic (exact) mass is 390 g/mol. The first kappa shape index (κ1) is 19.5. The Hall–Kier alpha value is -3.29. The lowest BCUT2D eigenvalue weighted by atomic mass is 10.0. The highest BCUT2D eigenvalue weighted by Crippen LogP contribution is 2.26. The van der Waals surface area contributed by atoms with Gasteiger partial charge in [-0.25, -0.2) is 0 Å². The van der Waals surface area contributed by atoms with Crippen LogP contribution in [0.3, 0.4) is 0 Å². The van der Waals surface area contributed by atoms with Crippen LogP contribution < -0.4 is 5.32 Å². The number of halogens is 1. The van der Waals surface area contributed by atoms with Crippen LogP contribution in [-0.4, -0.2) is 5.91 Å². The van der Waals surface area contributed by atoms with E-state index in [1.54, 1.807) is 24.3 Å². The van der Waals surface area contributed by atoms with E-state index in [0.29, 0.717) is 16.5 Å². The van der Waals surface area contributed by atoms with Crippen molar-refractivity contribution in [3.8, 4) is 17.4 Å². The summed E-state index contributed by atoms with van der Waals surface area (Å²) in [5.41, 5.74) is 4.52. The van der Waals surface area contributed by atoms with Gasteiger partial charge >= 0.3 is 0 Å². The van der Waals surface area contributed by atoms with Gasteiger partial charge < -0.3 is 9.73 Å². The lowest BCUT2D eigenvalue weighted by molar-refractivity contribution is -0.112. The Morgan fingerprint density at radius 1 is 1.11 bits per heavy atom. The maximum Gasteiger partial charge on any atom is 0.266 e. The van der Waals surface area contributed by atoms with Crippen LogP contribution in [-0.2, 0) is 4.79 Å². The predicted octanol–water partition coefficient (Wildman–Crippen LogP) is 6.07. The van der Waals surface area contributed by atoms with Gasteiger partial charge in [-0.3, -0.25) is 4.79 Å². The molecule has 0 spiro atoms. The molecule has 0 aliphatic rings. The number of aryl methyl sites for hydroxylation is 3. The molecule has 0 radical (unpaired) electrons. The molecule has 0 aliphatic carbocycles. The summed E-state index contributed by atoms with van der Waals surface area (Å²) in [5, 5.41) is 12.9. The molecule has 1 heterocycles. The number of hydrogen-bond donors (Lipinski definition) is 1. The zero-order valence-electron chi connectivity index (χ0n) is 15.8. The standard InChI is InChI=1S/C23H19ClN2O2/c1-14-9-15(2)22(16(3)10-14)26-23(27)18(13-25)12-20-7-8-21(28-20)17-5-4-6-19(24)11-17/h4-12H,1-3H3,(H,26,27)/b18-12+. The highest BCUT2D eigenvalue weighted by molar-refractivity contribution is 6.30. The minimum Gasteiger partial charge on any atom is -0.457 e. The van der Waals surface area contributed by atoms with Crippen molar-refractivity contribution in [2.45, 2.75) is 20.8 Å². The molecule has 4 nitrogen and oxygen atoms in total. The molecule has 1 aromatic heterocycles. The van der Waals surface area contributed by atoms with Crippen LogP contribution in [0.25, 0.3) is 17.4 Å². The van der Waals surface area contributed by atoms with Crippen molar-refractivity contribution in [2.75, 3.05) is 5.32 Å². The van der Waals surface area contributed by atoms with Gasteiger partial charge in [-0.05, 0) is 56.2 Å². The van der Waals surface area contributed by atoms with Gasteiger partial charge in [-0.1, -0.05) is 41.4 Å². The van der Waals surface area contributed by atoms with Crippen LogP contribution in [0, 0.1) is 32.1 Å². The fourth-order valence-corrected chi connectivity index (χ4v) is 3.27. The molecule has 0 saturated heterocycles. The van der Waals surface area contributed by atoms with Crippen molar-refractivity contribution in [3.63, 3.8) is 0 Å². The Balaban J connectivity index is 1.85. The molecule has 0 saturated carbocycles. The molecule has 28 heavy (non-hydrogen) atoms. The maximum atomic E-state index is 12.6. The second-order valence-corrected chi connectivity index (χ2v) is 7.05. The fourth-order valence-electron chi connectivity index (χ4n) is 3.08. The Labute approximate surface area is 169 Å². The second kappa shape index (κ2) is 8.16. The van der Waals surface area contributed by atoms with Gasteiger partial charge in [0.25, 0.3) is 5.91 Å². The van der Waals surface area contributed by atoms with Crippen LogP contribution in [0.1, 0.15) is 22.5 Å². The number of nitriles is 1. The topological polar surface area (TPSA) is 66.0 Å². The predicted molar refractivity (Wildman–Crippen MR) is 112 cm³/mol. The smallest absolute Gasteiger partial charge is 0.266 e. The summed E-state index contributed by atoms with van der Waals surface area (Å²) in [7, 11) is 0. The number of carbonyl (C=O) groups excluding carboxylic acids is 1. The van der Waals surface area contributed by atoms with Crippen molar-refractivity contribution in [2.24, 2.45) is 0 Å². The number of rotatable bonds is 4. The molecule has 140 valence electrons. The van der Waals surface area contributed by atoms with Crippen LogP contribution in [0.2, 0.25) is 5.02 Å². The van der Waals surface area contributed by atoms with Gasteiger partial charge in [-0.2, -0.15) is 5.26 Å². The van der Waals surface area contributed by atoms with Gasteiger partial charge in [-0.15, -0.1) is 0 Å². The lowest BCUT2D eigenvalue weighted by Crippen LogP contribution is -2.15. The van der Waals surface area contributed by atoms with E-state index in [9.17, 15) is 10.1 Å². The Morgan fingerprint density at radius 2 is 1.82 bits per heavy atom. The summed E-state index contributed by atoms with van der Waals surface area (Å²) < 4.78 is 5.75. The molecule has 0 fully saturated rings. The number of amides is 1. The molecule has 0 unspecified atom stereocenters. The van der Waals surface area contributed by atoms with E-state index in [1.165, 1.54) is 6.08 Å². The first-order chi connectivity index (χ1) is 13.4. The van der Waals surface area contributed by atoms with Crippen LogP contribution >= 0.6 is 11.6 Å². The number of hydrogen-bond acceptors (Lipinski definition) is 3. The Bertz CT molecular complexity index is 1100. The fraction of sp³-hybridized carbons (Fsp3) is 0.130. The molecular weight excluding hydrogens is 372 g/mol. The summed E-state index contributed by atoms with van der Waals surface area (Å²) in [5.74, 6) is 0.550. The third-order valence-corrected chi connectivity index (χ3v) is 4.54. The van der Waals surface area contributed by atoms with Gasteiger partial charge in [0.1, 0.15) is 23.2 Å². The highest BCUT2D eigenvalue weighted by atomic mass is 35.5. The summed E-state index contributed by atoms with van der Waals surface area (Å²) in [6, 6.07) is 16.7. The summed E-state index contributed by atoms with van der Waals surface area (Å²) in [4.78, 5) is 12.6. The molecule has 1 N–H and O–H groups in total. The second-order valence-electron chi connectivity index (χ2n) is 6.61. The van der Waals surface area contributed by atoms with Crippen molar-refractivity contribution < 1.29 is 9.21 Å². The molecule has 3 rings (SSSR count). The van der Waals surface area contributed by atoms with E-state index in [0.717, 1.165) is 27.9 Å². The van der Waals surface area contributed by atoms with Gasteiger partial charge in [0.15, 0.2) is 0 Å². The van der Waals surface area contributed by atoms with Crippen LogP contribution in [0.4, 0.5) is 5.69 Å². The third-order valence-electron chi connectivity index (χ3n) is 4.30. The summed E-state index contributed by atoms with van der Waals surface area (Å²) >= 11 is 6.01. The first-order valence-corrected chi connectivity index (χ1v) is 9.12. The van der Waals surface area contributed by atoms with Crippen LogP contribution in [0.5, 0.6) is 0 Å². The van der Waals surface area contributed by atoms with Crippen LogP contribution in [0.15, 0.2) is 58.5 Å². The number of nitrogens with zero attached hydrogens (tertiary/aromatic N) is 1. The zero-order chi connectivity index (χ0) is 20.3. The first-order valence-electron chi connectivity index (χ1n) is 8.74. The molecular formula is C23H19ClN2O2.